The van der Waals surface area contributed by atoms with Gasteiger partial charge in [-0.2, -0.15) is 0 Å². The molecule has 2 N–H and O–H groups in total. The van der Waals surface area contributed by atoms with E-state index in [0.717, 1.165) is 9.50 Å². The van der Waals surface area contributed by atoms with Gasteiger partial charge < -0.3 is 5.73 Å². The van der Waals surface area contributed by atoms with Crippen LogP contribution in [0.5, 0.6) is 0 Å². The van der Waals surface area contributed by atoms with Crippen LogP contribution in [0.2, 0.25) is 5.02 Å². The lowest BCUT2D eigenvalue weighted by molar-refractivity contribution is 0.599. The number of hydrogen-bond donors (Lipinski definition) is 1. The molecular formula is C11H13BrClN. The van der Waals surface area contributed by atoms with E-state index in [0.29, 0.717) is 5.92 Å². The Hall–Kier alpha value is -0.0500. The summed E-state index contributed by atoms with van der Waals surface area (Å²) in [7, 11) is 0. The third-order valence-corrected chi connectivity index (χ3v) is 4.03. The lowest BCUT2D eigenvalue weighted by Gasteiger charge is -2.05. The van der Waals surface area contributed by atoms with E-state index in [1.54, 1.807) is 0 Å². The molecule has 0 heterocycles. The van der Waals surface area contributed by atoms with E-state index in [4.69, 9.17) is 17.3 Å². The predicted octanol–water partition coefficient (Wildman–Crippen LogP) is 3.55. The number of benzene rings is 1. The topological polar surface area (TPSA) is 26.0 Å². The van der Waals surface area contributed by atoms with Crippen molar-refractivity contribution in [2.75, 3.05) is 0 Å². The summed E-state index contributed by atoms with van der Waals surface area (Å²) in [6, 6.07) is 6.24. The monoisotopic (exact) mass is 273 g/mol. The summed E-state index contributed by atoms with van der Waals surface area (Å²) in [5, 5.41) is 0.811. The van der Waals surface area contributed by atoms with Gasteiger partial charge in [0.25, 0.3) is 0 Å². The van der Waals surface area contributed by atoms with Crippen LogP contribution in [0.25, 0.3) is 0 Å². The van der Waals surface area contributed by atoms with E-state index in [-0.39, 0.29) is 11.5 Å². The van der Waals surface area contributed by atoms with Crippen LogP contribution in [0.3, 0.4) is 0 Å². The minimum atomic E-state index is 0.192. The van der Waals surface area contributed by atoms with Crippen molar-refractivity contribution in [3.63, 3.8) is 0 Å². The van der Waals surface area contributed by atoms with Crippen molar-refractivity contribution in [2.45, 2.75) is 25.8 Å². The third-order valence-electron chi connectivity index (χ3n) is 3.21. The Kier molecular flexibility index (Phi) is 2.41. The zero-order chi connectivity index (χ0) is 10.5. The summed E-state index contributed by atoms with van der Waals surface area (Å²) in [4.78, 5) is 0. The molecule has 3 heteroatoms. The van der Waals surface area contributed by atoms with E-state index < -0.39 is 0 Å². The summed E-state index contributed by atoms with van der Waals surface area (Å²) in [5.41, 5.74) is 7.38. The molecule has 1 aromatic carbocycles. The zero-order valence-corrected chi connectivity index (χ0v) is 10.6. The molecule has 0 saturated heterocycles. The molecule has 0 bridgehead atoms. The van der Waals surface area contributed by atoms with E-state index in [1.165, 1.54) is 5.56 Å². The first-order valence-corrected chi connectivity index (χ1v) is 5.82. The van der Waals surface area contributed by atoms with Gasteiger partial charge in [-0.3, -0.25) is 0 Å². The highest BCUT2D eigenvalue weighted by Crippen LogP contribution is 2.58. The molecule has 2 rings (SSSR count). The highest BCUT2D eigenvalue weighted by molar-refractivity contribution is 9.10. The SMILES string of the molecule is CC1(C)[C@H](N)[C@H]1c1ccc(Br)cc1Cl. The van der Waals surface area contributed by atoms with Crippen LogP contribution in [0.15, 0.2) is 22.7 Å². The van der Waals surface area contributed by atoms with Gasteiger partial charge in [0, 0.05) is 21.5 Å². The normalized spacial score (nSPS) is 28.9. The molecule has 0 aromatic heterocycles. The Bertz CT molecular complexity index is 376. The Morgan fingerprint density at radius 1 is 1.43 bits per heavy atom. The van der Waals surface area contributed by atoms with Crippen molar-refractivity contribution >= 4 is 27.5 Å². The molecular weight excluding hydrogens is 261 g/mol. The van der Waals surface area contributed by atoms with Gasteiger partial charge >= 0.3 is 0 Å². The van der Waals surface area contributed by atoms with Gasteiger partial charge in [0.2, 0.25) is 0 Å². The van der Waals surface area contributed by atoms with Crippen molar-refractivity contribution in [1.82, 2.24) is 0 Å². The second-order valence-electron chi connectivity index (χ2n) is 4.49. The highest BCUT2D eigenvalue weighted by Gasteiger charge is 2.56. The van der Waals surface area contributed by atoms with Gasteiger partial charge in [0.1, 0.15) is 0 Å². The summed E-state index contributed by atoms with van der Waals surface area (Å²) in [6.45, 7) is 4.36. The second-order valence-corrected chi connectivity index (χ2v) is 5.81. The smallest absolute Gasteiger partial charge is 0.0452 e. The Morgan fingerprint density at radius 3 is 2.43 bits per heavy atom. The summed E-state index contributed by atoms with van der Waals surface area (Å²) in [5.74, 6) is 0.406. The fourth-order valence-corrected chi connectivity index (χ4v) is 2.82. The van der Waals surface area contributed by atoms with Crippen molar-refractivity contribution in [3.05, 3.63) is 33.3 Å². The molecule has 2 atom stereocenters. The van der Waals surface area contributed by atoms with E-state index >= 15 is 0 Å². The molecule has 1 nitrogen and oxygen atoms in total. The predicted molar refractivity (Wildman–Crippen MR) is 63.6 cm³/mol. The van der Waals surface area contributed by atoms with Gasteiger partial charge in [0.05, 0.1) is 0 Å². The van der Waals surface area contributed by atoms with Crippen molar-refractivity contribution in [1.29, 1.82) is 0 Å². The highest BCUT2D eigenvalue weighted by atomic mass is 79.9. The molecule has 1 aromatic rings. The van der Waals surface area contributed by atoms with Crippen LogP contribution in [-0.4, -0.2) is 6.04 Å². The van der Waals surface area contributed by atoms with Crippen LogP contribution in [-0.2, 0) is 0 Å². The molecule has 1 aliphatic rings. The standard InChI is InChI=1S/C11H13BrClN/c1-11(2)9(10(11)14)7-4-3-6(12)5-8(7)13/h3-5,9-10H,14H2,1-2H3/t9-,10-/m1/s1. The minimum absolute atomic E-state index is 0.192. The van der Waals surface area contributed by atoms with E-state index in [2.05, 4.69) is 35.8 Å². The summed E-state index contributed by atoms with van der Waals surface area (Å²) < 4.78 is 1.01. The first-order valence-electron chi connectivity index (χ1n) is 4.65. The fourth-order valence-electron chi connectivity index (χ4n) is 2.03. The molecule has 14 heavy (non-hydrogen) atoms. The zero-order valence-electron chi connectivity index (χ0n) is 8.22. The maximum Gasteiger partial charge on any atom is 0.0452 e. The van der Waals surface area contributed by atoms with Crippen LogP contribution >= 0.6 is 27.5 Å². The van der Waals surface area contributed by atoms with E-state index in [9.17, 15) is 0 Å². The van der Waals surface area contributed by atoms with Crippen molar-refractivity contribution in [2.24, 2.45) is 11.1 Å². The number of halogens is 2. The maximum atomic E-state index is 6.17. The van der Waals surface area contributed by atoms with E-state index in [1.807, 2.05) is 12.1 Å². The number of hydrogen-bond acceptors (Lipinski definition) is 1. The Morgan fingerprint density at radius 2 is 2.00 bits per heavy atom. The maximum absolute atomic E-state index is 6.17. The molecule has 0 spiro atoms. The first kappa shape index (κ1) is 10.5. The molecule has 76 valence electrons. The van der Waals surface area contributed by atoms with Crippen molar-refractivity contribution in [3.8, 4) is 0 Å². The van der Waals surface area contributed by atoms with Crippen LogP contribution < -0.4 is 5.73 Å². The average Bonchev–Trinajstić information content (AvgIpc) is 2.54. The largest absolute Gasteiger partial charge is 0.327 e. The number of nitrogens with two attached hydrogens (primary N) is 1. The summed E-state index contributed by atoms with van der Waals surface area (Å²) in [6.07, 6.45) is 0. The number of rotatable bonds is 1. The van der Waals surface area contributed by atoms with Gasteiger partial charge in [-0.1, -0.05) is 47.4 Å². The van der Waals surface area contributed by atoms with Crippen LogP contribution in [0, 0.1) is 5.41 Å². The van der Waals surface area contributed by atoms with Crippen molar-refractivity contribution < 1.29 is 0 Å². The van der Waals surface area contributed by atoms with Gasteiger partial charge in [-0.25, -0.2) is 0 Å². The first-order chi connectivity index (χ1) is 6.44. The van der Waals surface area contributed by atoms with Crippen LogP contribution in [0.4, 0.5) is 0 Å². The molecule has 1 fully saturated rings. The molecule has 0 radical (unpaired) electrons. The third kappa shape index (κ3) is 1.50. The summed E-state index contributed by atoms with van der Waals surface area (Å²) >= 11 is 9.57. The molecule has 0 amide bonds. The fraction of sp³-hybridized carbons (Fsp3) is 0.455. The van der Waals surface area contributed by atoms with Crippen LogP contribution in [0.1, 0.15) is 25.3 Å². The quantitative estimate of drug-likeness (QED) is 0.833. The average molecular weight is 275 g/mol. The molecule has 0 unspecified atom stereocenters. The second kappa shape index (κ2) is 3.22. The van der Waals surface area contributed by atoms with Gasteiger partial charge in [-0.05, 0) is 23.1 Å². The molecule has 0 aliphatic heterocycles. The molecule has 1 saturated carbocycles. The van der Waals surface area contributed by atoms with Gasteiger partial charge in [-0.15, -0.1) is 0 Å². The Labute approximate surface area is 97.8 Å². The minimum Gasteiger partial charge on any atom is -0.327 e. The lowest BCUT2D eigenvalue weighted by atomic mass is 10.0. The molecule has 1 aliphatic carbocycles. The Balaban J connectivity index is 2.36. The van der Waals surface area contributed by atoms with Gasteiger partial charge in [0.15, 0.2) is 0 Å². The lowest BCUT2D eigenvalue weighted by Crippen LogP contribution is -2.06.